The molecule has 0 bridgehead atoms. The summed E-state index contributed by atoms with van der Waals surface area (Å²) in [7, 11) is 3.88. The Balaban J connectivity index is 1.68. The number of carbonyl (C=O) groups excluding carboxylic acids is 1. The SMILES string of the molecule is Cc1cccc(OCc2nc(CN(CCN(C)C)C(=O)c3ccccc3F)cs2)c1. The van der Waals surface area contributed by atoms with Gasteiger partial charge in [-0.05, 0) is 50.8 Å². The third-order valence-corrected chi connectivity index (χ3v) is 5.38. The normalized spacial score (nSPS) is 11.0. The summed E-state index contributed by atoms with van der Waals surface area (Å²) in [5.74, 6) is -0.0440. The Morgan fingerprint density at radius 1 is 1.13 bits per heavy atom. The van der Waals surface area contributed by atoms with E-state index in [0.717, 1.165) is 22.0 Å². The van der Waals surface area contributed by atoms with Crippen LogP contribution in [0.5, 0.6) is 5.75 Å². The molecular weight excluding hydrogens is 401 g/mol. The molecule has 0 aliphatic rings. The molecule has 1 amide bonds. The maximum atomic E-state index is 14.1. The van der Waals surface area contributed by atoms with Crippen LogP contribution in [-0.2, 0) is 13.2 Å². The number of nitrogens with zero attached hydrogens (tertiary/aromatic N) is 3. The zero-order chi connectivity index (χ0) is 21.5. The molecule has 1 aromatic heterocycles. The fourth-order valence-corrected chi connectivity index (χ4v) is 3.61. The highest BCUT2D eigenvalue weighted by Gasteiger charge is 2.20. The van der Waals surface area contributed by atoms with Gasteiger partial charge in [-0.25, -0.2) is 9.37 Å². The fraction of sp³-hybridized carbons (Fsp3) is 0.304. The van der Waals surface area contributed by atoms with Crippen molar-refractivity contribution in [1.29, 1.82) is 0 Å². The second-order valence-electron chi connectivity index (χ2n) is 7.35. The van der Waals surface area contributed by atoms with E-state index in [4.69, 9.17) is 4.74 Å². The molecule has 2 aromatic carbocycles. The Hall–Kier alpha value is -2.77. The summed E-state index contributed by atoms with van der Waals surface area (Å²) in [4.78, 5) is 21.2. The number of hydrogen-bond acceptors (Lipinski definition) is 5. The number of benzene rings is 2. The first kappa shape index (κ1) is 21.9. The summed E-state index contributed by atoms with van der Waals surface area (Å²) in [5.41, 5.74) is 1.98. The molecule has 3 aromatic rings. The van der Waals surface area contributed by atoms with Crippen molar-refractivity contribution in [2.45, 2.75) is 20.1 Å². The molecule has 5 nitrogen and oxygen atoms in total. The lowest BCUT2D eigenvalue weighted by atomic mass is 10.2. The zero-order valence-corrected chi connectivity index (χ0v) is 18.3. The van der Waals surface area contributed by atoms with Gasteiger partial charge in [-0.15, -0.1) is 11.3 Å². The van der Waals surface area contributed by atoms with Gasteiger partial charge in [-0.2, -0.15) is 0 Å². The van der Waals surface area contributed by atoms with Crippen LogP contribution in [0.2, 0.25) is 0 Å². The predicted molar refractivity (Wildman–Crippen MR) is 117 cm³/mol. The molecule has 0 unspecified atom stereocenters. The standard InChI is InChI=1S/C23H26FN3O2S/c1-17-7-6-8-19(13-17)29-15-22-25-18(16-30-22)14-27(12-11-26(2)3)23(28)20-9-4-5-10-21(20)24/h4-10,13,16H,11-12,14-15H2,1-3H3. The summed E-state index contributed by atoms with van der Waals surface area (Å²) in [6.07, 6.45) is 0. The molecule has 0 radical (unpaired) electrons. The number of carbonyl (C=O) groups is 1. The second-order valence-corrected chi connectivity index (χ2v) is 8.29. The van der Waals surface area contributed by atoms with Crippen LogP contribution in [0.3, 0.4) is 0 Å². The minimum Gasteiger partial charge on any atom is -0.486 e. The number of halogens is 1. The highest BCUT2D eigenvalue weighted by molar-refractivity contribution is 7.09. The number of ether oxygens (including phenoxy) is 1. The van der Waals surface area contributed by atoms with Gasteiger partial charge in [0.1, 0.15) is 23.2 Å². The van der Waals surface area contributed by atoms with E-state index in [1.54, 1.807) is 17.0 Å². The molecule has 0 spiro atoms. The number of rotatable bonds is 9. The van der Waals surface area contributed by atoms with Gasteiger partial charge in [-0.3, -0.25) is 4.79 Å². The minimum absolute atomic E-state index is 0.0782. The molecule has 0 saturated carbocycles. The summed E-state index contributed by atoms with van der Waals surface area (Å²) in [6, 6.07) is 13.9. The number of likely N-dealkylation sites (N-methyl/N-ethyl adjacent to an activating group) is 1. The monoisotopic (exact) mass is 427 g/mol. The van der Waals surface area contributed by atoms with Crippen molar-refractivity contribution in [3.63, 3.8) is 0 Å². The average molecular weight is 428 g/mol. The van der Waals surface area contributed by atoms with E-state index < -0.39 is 5.82 Å². The van der Waals surface area contributed by atoms with Crippen molar-refractivity contribution in [3.05, 3.63) is 81.6 Å². The first-order valence-electron chi connectivity index (χ1n) is 9.73. The Morgan fingerprint density at radius 2 is 1.93 bits per heavy atom. The van der Waals surface area contributed by atoms with Crippen molar-refractivity contribution in [2.75, 3.05) is 27.2 Å². The summed E-state index contributed by atoms with van der Waals surface area (Å²) in [6.45, 7) is 3.86. The van der Waals surface area contributed by atoms with E-state index in [1.807, 2.05) is 55.6 Å². The number of aromatic nitrogens is 1. The maximum Gasteiger partial charge on any atom is 0.257 e. The van der Waals surface area contributed by atoms with E-state index in [0.29, 0.717) is 26.2 Å². The van der Waals surface area contributed by atoms with Crippen LogP contribution in [0.4, 0.5) is 4.39 Å². The fourth-order valence-electron chi connectivity index (χ4n) is 2.91. The number of thiazole rings is 1. The van der Waals surface area contributed by atoms with E-state index in [1.165, 1.54) is 23.5 Å². The van der Waals surface area contributed by atoms with E-state index in [9.17, 15) is 9.18 Å². The van der Waals surface area contributed by atoms with Crippen LogP contribution in [0.25, 0.3) is 0 Å². The smallest absolute Gasteiger partial charge is 0.257 e. The molecule has 0 saturated heterocycles. The van der Waals surface area contributed by atoms with Crippen LogP contribution in [0.15, 0.2) is 53.9 Å². The van der Waals surface area contributed by atoms with Gasteiger partial charge in [0.2, 0.25) is 0 Å². The first-order valence-corrected chi connectivity index (χ1v) is 10.6. The first-order chi connectivity index (χ1) is 14.4. The highest BCUT2D eigenvalue weighted by Crippen LogP contribution is 2.18. The number of hydrogen-bond donors (Lipinski definition) is 0. The molecule has 3 rings (SSSR count). The third kappa shape index (κ3) is 6.11. The van der Waals surface area contributed by atoms with Crippen LogP contribution < -0.4 is 4.74 Å². The lowest BCUT2D eigenvalue weighted by molar-refractivity contribution is 0.0725. The lowest BCUT2D eigenvalue weighted by Gasteiger charge is -2.24. The van der Waals surface area contributed by atoms with Crippen LogP contribution in [-0.4, -0.2) is 47.9 Å². The topological polar surface area (TPSA) is 45.7 Å². The zero-order valence-electron chi connectivity index (χ0n) is 17.5. The molecule has 0 aliphatic carbocycles. The Morgan fingerprint density at radius 3 is 2.67 bits per heavy atom. The Labute approximate surface area is 180 Å². The summed E-state index contributed by atoms with van der Waals surface area (Å²) < 4.78 is 20.0. The molecule has 0 atom stereocenters. The predicted octanol–water partition coefficient (Wildman–Crippen LogP) is 4.37. The van der Waals surface area contributed by atoms with Crippen LogP contribution >= 0.6 is 11.3 Å². The van der Waals surface area contributed by atoms with Gasteiger partial charge in [0.05, 0.1) is 17.8 Å². The van der Waals surface area contributed by atoms with Gasteiger partial charge < -0.3 is 14.5 Å². The van der Waals surface area contributed by atoms with E-state index in [2.05, 4.69) is 4.98 Å². The molecule has 30 heavy (non-hydrogen) atoms. The van der Waals surface area contributed by atoms with E-state index >= 15 is 0 Å². The Kier molecular flexibility index (Phi) is 7.54. The van der Waals surface area contributed by atoms with Crippen molar-refractivity contribution in [1.82, 2.24) is 14.8 Å². The molecule has 1 heterocycles. The third-order valence-electron chi connectivity index (χ3n) is 4.51. The van der Waals surface area contributed by atoms with Gasteiger partial charge in [-0.1, -0.05) is 24.3 Å². The Bertz CT molecular complexity index is 990. The van der Waals surface area contributed by atoms with Gasteiger partial charge in [0.15, 0.2) is 0 Å². The second kappa shape index (κ2) is 10.3. The van der Waals surface area contributed by atoms with Crippen molar-refractivity contribution in [2.24, 2.45) is 0 Å². The molecular formula is C23H26FN3O2S. The van der Waals surface area contributed by atoms with E-state index in [-0.39, 0.29) is 11.5 Å². The number of aryl methyl sites for hydroxylation is 1. The van der Waals surface area contributed by atoms with Crippen molar-refractivity contribution >= 4 is 17.2 Å². The van der Waals surface area contributed by atoms with Gasteiger partial charge >= 0.3 is 0 Å². The van der Waals surface area contributed by atoms with Gasteiger partial charge in [0.25, 0.3) is 5.91 Å². The minimum atomic E-state index is -0.511. The molecule has 0 aliphatic heterocycles. The van der Waals surface area contributed by atoms with Crippen LogP contribution in [0, 0.1) is 12.7 Å². The highest BCUT2D eigenvalue weighted by atomic mass is 32.1. The molecule has 158 valence electrons. The quantitative estimate of drug-likeness (QED) is 0.509. The average Bonchev–Trinajstić information content (AvgIpc) is 3.17. The maximum absolute atomic E-state index is 14.1. The van der Waals surface area contributed by atoms with Crippen molar-refractivity contribution in [3.8, 4) is 5.75 Å². The lowest BCUT2D eigenvalue weighted by Crippen LogP contribution is -2.36. The van der Waals surface area contributed by atoms with Crippen LogP contribution in [0.1, 0.15) is 26.6 Å². The summed E-state index contributed by atoms with van der Waals surface area (Å²) in [5, 5.41) is 2.75. The van der Waals surface area contributed by atoms with Crippen molar-refractivity contribution < 1.29 is 13.9 Å². The molecule has 7 heteroatoms. The summed E-state index contributed by atoms with van der Waals surface area (Å²) >= 11 is 1.49. The number of amides is 1. The molecule has 0 fully saturated rings. The van der Waals surface area contributed by atoms with Gasteiger partial charge in [0, 0.05) is 18.5 Å². The largest absolute Gasteiger partial charge is 0.486 e. The molecule has 0 N–H and O–H groups in total.